The number of carbonyl (C=O) groups is 2. The molecule has 2 aliphatic rings. The largest absolute Gasteiger partial charge is 0.305 e. The van der Waals surface area contributed by atoms with E-state index >= 15 is 0 Å². The number of nitrogens with zero attached hydrogens (tertiary/aromatic N) is 2. The highest BCUT2D eigenvalue weighted by molar-refractivity contribution is 9.10. The average Bonchev–Trinajstić information content (AvgIpc) is 3.27. The molecule has 1 N–H and O–H groups in total. The number of benzene rings is 2. The fraction of sp³-hybridized carbons (Fsp3) is 0.208. The van der Waals surface area contributed by atoms with Gasteiger partial charge in [-0.25, -0.2) is 4.90 Å². The van der Waals surface area contributed by atoms with Crippen molar-refractivity contribution >= 4 is 33.4 Å². The molecule has 0 radical (unpaired) electrons. The number of amides is 2. The summed E-state index contributed by atoms with van der Waals surface area (Å²) in [6, 6.07) is 20.9. The SMILES string of the molecule is O=C1[C@@H]2[C@H](C(=O)N1c1ccc(Br)cc1)[C@H](c1cccnc1)N[C@H]2Cc1ccccc1. The molecule has 5 rings (SSSR count). The van der Waals surface area contributed by atoms with Crippen molar-refractivity contribution < 1.29 is 9.59 Å². The van der Waals surface area contributed by atoms with Crippen LogP contribution in [-0.2, 0) is 16.0 Å². The highest BCUT2D eigenvalue weighted by atomic mass is 79.9. The van der Waals surface area contributed by atoms with Crippen LogP contribution >= 0.6 is 15.9 Å². The van der Waals surface area contributed by atoms with Gasteiger partial charge in [0.2, 0.25) is 11.8 Å². The minimum atomic E-state index is -0.445. The topological polar surface area (TPSA) is 62.3 Å². The second kappa shape index (κ2) is 7.78. The van der Waals surface area contributed by atoms with Gasteiger partial charge >= 0.3 is 0 Å². The molecule has 3 aromatic rings. The van der Waals surface area contributed by atoms with Crippen molar-refractivity contribution in [2.45, 2.75) is 18.5 Å². The molecule has 0 unspecified atom stereocenters. The summed E-state index contributed by atoms with van der Waals surface area (Å²) in [7, 11) is 0. The predicted octanol–water partition coefficient (Wildman–Crippen LogP) is 3.91. The molecule has 0 aliphatic carbocycles. The third-order valence-corrected chi connectivity index (χ3v) is 6.54. The van der Waals surface area contributed by atoms with E-state index in [1.165, 1.54) is 4.90 Å². The molecule has 2 aromatic carbocycles. The molecule has 0 spiro atoms. The van der Waals surface area contributed by atoms with Crippen LogP contribution in [0, 0.1) is 11.8 Å². The molecule has 6 heteroatoms. The Morgan fingerprint density at radius 1 is 0.900 bits per heavy atom. The van der Waals surface area contributed by atoms with Gasteiger partial charge in [-0.05, 0) is 47.9 Å². The Morgan fingerprint density at radius 3 is 2.33 bits per heavy atom. The van der Waals surface area contributed by atoms with Crippen LogP contribution in [0.4, 0.5) is 5.69 Å². The highest BCUT2D eigenvalue weighted by Gasteiger charge is 2.59. The molecule has 4 atom stereocenters. The number of rotatable bonds is 4. The van der Waals surface area contributed by atoms with Crippen LogP contribution in [0.5, 0.6) is 0 Å². The Morgan fingerprint density at radius 2 is 1.63 bits per heavy atom. The number of halogens is 1. The number of pyridine rings is 1. The first-order valence-corrected chi connectivity index (χ1v) is 10.8. The van der Waals surface area contributed by atoms with Crippen molar-refractivity contribution in [2.75, 3.05) is 4.90 Å². The highest BCUT2D eigenvalue weighted by Crippen LogP contribution is 2.45. The smallest absolute Gasteiger partial charge is 0.239 e. The Balaban J connectivity index is 1.53. The third kappa shape index (κ3) is 3.26. The first kappa shape index (κ1) is 19.2. The maximum Gasteiger partial charge on any atom is 0.239 e. The minimum Gasteiger partial charge on any atom is -0.305 e. The Hall–Kier alpha value is -2.83. The zero-order chi connectivity index (χ0) is 20.7. The number of anilines is 1. The van der Waals surface area contributed by atoms with Gasteiger partial charge in [0, 0.05) is 29.0 Å². The predicted molar refractivity (Wildman–Crippen MR) is 118 cm³/mol. The van der Waals surface area contributed by atoms with E-state index < -0.39 is 11.8 Å². The van der Waals surface area contributed by atoms with Crippen molar-refractivity contribution in [3.8, 4) is 0 Å². The Kier molecular flexibility index (Phi) is 4.97. The monoisotopic (exact) mass is 461 g/mol. The van der Waals surface area contributed by atoms with E-state index in [1.54, 1.807) is 24.5 Å². The molecule has 2 saturated heterocycles. The van der Waals surface area contributed by atoms with Crippen LogP contribution in [0.3, 0.4) is 0 Å². The van der Waals surface area contributed by atoms with Gasteiger partial charge in [-0.2, -0.15) is 0 Å². The van der Waals surface area contributed by atoms with Crippen LogP contribution < -0.4 is 10.2 Å². The number of carbonyl (C=O) groups excluding carboxylic acids is 2. The summed E-state index contributed by atoms with van der Waals surface area (Å²) in [5, 5.41) is 3.58. The van der Waals surface area contributed by atoms with Gasteiger partial charge < -0.3 is 5.32 Å². The molecule has 2 fully saturated rings. The van der Waals surface area contributed by atoms with Gasteiger partial charge in [0.25, 0.3) is 0 Å². The van der Waals surface area contributed by atoms with E-state index in [0.29, 0.717) is 12.1 Å². The lowest BCUT2D eigenvalue weighted by Crippen LogP contribution is -2.40. The van der Waals surface area contributed by atoms with Crippen LogP contribution in [-0.4, -0.2) is 22.8 Å². The lowest BCUT2D eigenvalue weighted by Gasteiger charge is -2.22. The lowest BCUT2D eigenvalue weighted by molar-refractivity contribution is -0.123. The molecular formula is C24H20BrN3O2. The molecule has 30 heavy (non-hydrogen) atoms. The summed E-state index contributed by atoms with van der Waals surface area (Å²) >= 11 is 3.41. The Labute approximate surface area is 183 Å². The first-order valence-electron chi connectivity index (χ1n) is 9.97. The van der Waals surface area contributed by atoms with Crippen LogP contribution in [0.1, 0.15) is 17.2 Å². The van der Waals surface area contributed by atoms with E-state index in [9.17, 15) is 9.59 Å². The first-order chi connectivity index (χ1) is 14.6. The Bertz CT molecular complexity index is 1070. The van der Waals surface area contributed by atoms with E-state index in [-0.39, 0.29) is 23.9 Å². The van der Waals surface area contributed by atoms with Gasteiger partial charge in [0.15, 0.2) is 0 Å². The van der Waals surface area contributed by atoms with Crippen molar-refractivity contribution in [3.63, 3.8) is 0 Å². The molecule has 0 bridgehead atoms. The van der Waals surface area contributed by atoms with E-state index in [2.05, 4.69) is 38.4 Å². The van der Waals surface area contributed by atoms with Gasteiger partial charge in [0.1, 0.15) is 0 Å². The zero-order valence-corrected chi connectivity index (χ0v) is 17.7. The summed E-state index contributed by atoms with van der Waals surface area (Å²) in [5.41, 5.74) is 2.69. The fourth-order valence-electron chi connectivity index (χ4n) is 4.69. The second-order valence-electron chi connectivity index (χ2n) is 7.77. The van der Waals surface area contributed by atoms with E-state index in [1.807, 2.05) is 42.5 Å². The zero-order valence-electron chi connectivity index (χ0n) is 16.1. The third-order valence-electron chi connectivity index (χ3n) is 6.01. The standard InChI is InChI=1S/C24H20BrN3O2/c25-17-8-10-18(11-9-17)28-23(29)20-19(13-15-5-2-1-3-6-15)27-22(21(20)24(28)30)16-7-4-12-26-14-16/h1-12,14,19-22,27H,13H2/t19-,20-,21-,22-/m0/s1. The maximum atomic E-state index is 13.5. The van der Waals surface area contributed by atoms with Crippen molar-refractivity contribution in [3.05, 3.63) is 94.7 Å². The van der Waals surface area contributed by atoms with E-state index in [4.69, 9.17) is 0 Å². The molecule has 3 heterocycles. The molecule has 2 aliphatic heterocycles. The van der Waals surface area contributed by atoms with Gasteiger partial charge in [0.05, 0.1) is 17.5 Å². The molecule has 5 nitrogen and oxygen atoms in total. The number of hydrogen-bond donors (Lipinski definition) is 1. The number of aromatic nitrogens is 1. The van der Waals surface area contributed by atoms with Crippen molar-refractivity contribution in [1.82, 2.24) is 10.3 Å². The fourth-order valence-corrected chi connectivity index (χ4v) is 4.95. The van der Waals surface area contributed by atoms with Crippen molar-refractivity contribution in [1.29, 1.82) is 0 Å². The molecule has 1 aromatic heterocycles. The minimum absolute atomic E-state index is 0.125. The maximum absolute atomic E-state index is 13.5. The van der Waals surface area contributed by atoms with Crippen molar-refractivity contribution in [2.24, 2.45) is 11.8 Å². The summed E-state index contributed by atoms with van der Waals surface area (Å²) in [5.74, 6) is -1.14. The van der Waals surface area contributed by atoms with E-state index in [0.717, 1.165) is 15.6 Å². The molecule has 150 valence electrons. The van der Waals surface area contributed by atoms with Crippen LogP contribution in [0.15, 0.2) is 83.6 Å². The van der Waals surface area contributed by atoms with Crippen LogP contribution in [0.2, 0.25) is 0 Å². The second-order valence-corrected chi connectivity index (χ2v) is 8.68. The number of imide groups is 1. The van der Waals surface area contributed by atoms with Gasteiger partial charge in [-0.1, -0.05) is 52.3 Å². The summed E-state index contributed by atoms with van der Waals surface area (Å²) in [6.45, 7) is 0. The molecule has 2 amide bonds. The lowest BCUT2D eigenvalue weighted by atomic mass is 9.85. The molecule has 0 saturated carbocycles. The van der Waals surface area contributed by atoms with Gasteiger partial charge in [-0.15, -0.1) is 0 Å². The normalized spacial score (nSPS) is 25.6. The summed E-state index contributed by atoms with van der Waals surface area (Å²) in [6.07, 6.45) is 4.18. The summed E-state index contributed by atoms with van der Waals surface area (Å²) in [4.78, 5) is 32.6. The van der Waals surface area contributed by atoms with Gasteiger partial charge in [-0.3, -0.25) is 14.6 Å². The summed E-state index contributed by atoms with van der Waals surface area (Å²) < 4.78 is 0.905. The quantitative estimate of drug-likeness (QED) is 0.598. The number of nitrogens with one attached hydrogen (secondary N) is 1. The molecular weight excluding hydrogens is 442 g/mol. The van der Waals surface area contributed by atoms with Crippen LogP contribution in [0.25, 0.3) is 0 Å². The number of hydrogen-bond acceptors (Lipinski definition) is 4. The average molecular weight is 462 g/mol. The number of fused-ring (bicyclic) bond motifs is 1.